The smallest absolute Gasteiger partial charge is 0.145 e. The minimum atomic E-state index is 0.854. The number of hydrogen-bond donors (Lipinski definition) is 0. The van der Waals surface area contributed by atoms with Crippen LogP contribution in [0.1, 0.15) is 0 Å². The molecule has 2 nitrogen and oxygen atoms in total. The SMILES string of the molecule is c1ccc(-c2ccc(-c3ccccc3-c3ccc(N(c4ccc(-c5ccc(-c6cccc7ccccc67)cc5)cc4)c4ccc(-c5cccc6ccccc56)c5oc6ccccc6c45)cc3)cc2-c2ccccc2)cc1. The van der Waals surface area contributed by atoms with Crippen LogP contribution in [0.15, 0.2) is 302 Å². The van der Waals surface area contributed by atoms with Crippen LogP contribution in [-0.4, -0.2) is 0 Å². The van der Waals surface area contributed by atoms with Gasteiger partial charge >= 0.3 is 0 Å². The van der Waals surface area contributed by atoms with Crippen LogP contribution >= 0.6 is 0 Å². The lowest BCUT2D eigenvalue weighted by Crippen LogP contribution is -2.10. The van der Waals surface area contributed by atoms with Crippen molar-refractivity contribution in [1.29, 1.82) is 0 Å². The second-order valence-corrected chi connectivity index (χ2v) is 19.5. The average Bonchev–Trinajstić information content (AvgIpc) is 3.94. The molecule has 2 heteroatoms. The van der Waals surface area contributed by atoms with Crippen molar-refractivity contribution in [3.63, 3.8) is 0 Å². The van der Waals surface area contributed by atoms with E-state index in [0.29, 0.717) is 0 Å². The van der Waals surface area contributed by atoms with Crippen molar-refractivity contribution in [2.75, 3.05) is 4.90 Å². The van der Waals surface area contributed by atoms with Crippen molar-refractivity contribution >= 4 is 60.5 Å². The van der Waals surface area contributed by atoms with Gasteiger partial charge in [-0.15, -0.1) is 0 Å². The molecule has 76 heavy (non-hydrogen) atoms. The van der Waals surface area contributed by atoms with Crippen LogP contribution in [0.3, 0.4) is 0 Å². The van der Waals surface area contributed by atoms with Gasteiger partial charge in [0.1, 0.15) is 11.2 Å². The largest absolute Gasteiger partial charge is 0.455 e. The predicted molar refractivity (Wildman–Crippen MR) is 321 cm³/mol. The topological polar surface area (TPSA) is 16.4 Å². The second kappa shape index (κ2) is 19.1. The molecule has 0 aliphatic rings. The van der Waals surface area contributed by atoms with E-state index in [0.717, 1.165) is 61.3 Å². The highest BCUT2D eigenvalue weighted by atomic mass is 16.3. The standard InChI is InChI=1S/C74H49NO/c1-3-17-52(18-4-1)66-46-41-58(49-70(66)55-19-5-2-6-20-55)65-28-12-11-26-62(65)57-39-44-60(45-40-57)75(59-42-37-51(38-43-59)50-33-35-56(36-34-50)63-30-15-23-53-21-7-9-25-61(53)63)71-48-47-68(67-31-16-24-54-22-8-10-27-64(54)67)74-73(71)69-29-13-14-32-72(69)76-74/h1-49H. The zero-order chi connectivity index (χ0) is 50.4. The van der Waals surface area contributed by atoms with Gasteiger partial charge < -0.3 is 9.32 Å². The molecule has 356 valence electrons. The van der Waals surface area contributed by atoms with Gasteiger partial charge in [-0.1, -0.05) is 249 Å². The highest BCUT2D eigenvalue weighted by Crippen LogP contribution is 2.48. The molecule has 0 N–H and O–H groups in total. The lowest BCUT2D eigenvalue weighted by atomic mass is 9.88. The fourth-order valence-electron chi connectivity index (χ4n) is 11.4. The lowest BCUT2D eigenvalue weighted by Gasteiger charge is -2.27. The highest BCUT2D eigenvalue weighted by Gasteiger charge is 2.24. The average molecular weight is 968 g/mol. The van der Waals surface area contributed by atoms with Crippen LogP contribution in [0.5, 0.6) is 0 Å². The van der Waals surface area contributed by atoms with Crippen LogP contribution in [0, 0.1) is 0 Å². The van der Waals surface area contributed by atoms with E-state index in [1.54, 1.807) is 0 Å². The summed E-state index contributed by atoms with van der Waals surface area (Å²) >= 11 is 0. The molecule has 1 aromatic heterocycles. The molecule has 0 aliphatic carbocycles. The third-order valence-electron chi connectivity index (χ3n) is 15.1. The molecular weight excluding hydrogens is 919 g/mol. The molecule has 0 atom stereocenters. The van der Waals surface area contributed by atoms with Gasteiger partial charge in [0.05, 0.1) is 11.1 Å². The Kier molecular flexibility index (Phi) is 11.2. The number of fused-ring (bicyclic) bond motifs is 5. The van der Waals surface area contributed by atoms with Crippen molar-refractivity contribution in [2.24, 2.45) is 0 Å². The Morgan fingerprint density at radius 1 is 0.237 bits per heavy atom. The van der Waals surface area contributed by atoms with Crippen LogP contribution in [-0.2, 0) is 0 Å². The first-order valence-electron chi connectivity index (χ1n) is 26.1. The maximum absolute atomic E-state index is 6.97. The van der Waals surface area contributed by atoms with Crippen molar-refractivity contribution < 1.29 is 4.42 Å². The van der Waals surface area contributed by atoms with Gasteiger partial charge in [0.2, 0.25) is 0 Å². The number of hydrogen-bond acceptors (Lipinski definition) is 2. The summed E-state index contributed by atoms with van der Waals surface area (Å²) in [6.45, 7) is 0. The monoisotopic (exact) mass is 967 g/mol. The number of anilines is 3. The van der Waals surface area contributed by atoms with Crippen molar-refractivity contribution in [3.8, 4) is 77.9 Å². The molecule has 14 rings (SSSR count). The van der Waals surface area contributed by atoms with E-state index in [9.17, 15) is 0 Å². The molecule has 0 fully saturated rings. The van der Waals surface area contributed by atoms with Crippen LogP contribution < -0.4 is 4.90 Å². The Labute approximate surface area is 442 Å². The van der Waals surface area contributed by atoms with Gasteiger partial charge in [-0.05, 0) is 142 Å². The Bertz CT molecular complexity index is 4410. The first-order valence-corrected chi connectivity index (χ1v) is 26.1. The van der Waals surface area contributed by atoms with Crippen LogP contribution in [0.2, 0.25) is 0 Å². The van der Waals surface area contributed by atoms with E-state index in [1.807, 2.05) is 0 Å². The van der Waals surface area contributed by atoms with Crippen molar-refractivity contribution in [2.45, 2.75) is 0 Å². The summed E-state index contributed by atoms with van der Waals surface area (Å²) in [6, 6.07) is 107. The summed E-state index contributed by atoms with van der Waals surface area (Å²) in [7, 11) is 0. The number of rotatable bonds is 10. The predicted octanol–water partition coefficient (Wildman–Crippen LogP) is 21.0. The van der Waals surface area contributed by atoms with Gasteiger partial charge in [-0.3, -0.25) is 0 Å². The summed E-state index contributed by atoms with van der Waals surface area (Å²) in [6.07, 6.45) is 0. The van der Waals surface area contributed by atoms with Crippen molar-refractivity contribution in [1.82, 2.24) is 0 Å². The van der Waals surface area contributed by atoms with Gasteiger partial charge in [0, 0.05) is 22.3 Å². The Hall–Kier alpha value is -10.0. The van der Waals surface area contributed by atoms with E-state index in [1.165, 1.54) is 77.2 Å². The van der Waals surface area contributed by atoms with Gasteiger partial charge in [-0.2, -0.15) is 0 Å². The minimum absolute atomic E-state index is 0.854. The molecule has 0 spiro atoms. The van der Waals surface area contributed by atoms with E-state index in [4.69, 9.17) is 4.42 Å². The molecular formula is C74H49NO. The maximum Gasteiger partial charge on any atom is 0.145 e. The minimum Gasteiger partial charge on any atom is -0.455 e. The quantitative estimate of drug-likeness (QED) is 0.136. The third kappa shape index (κ3) is 8.01. The first kappa shape index (κ1) is 44.7. The lowest BCUT2D eigenvalue weighted by molar-refractivity contribution is 0.670. The number of benzene rings is 13. The molecule has 0 bridgehead atoms. The number of nitrogens with zero attached hydrogens (tertiary/aromatic N) is 1. The molecule has 0 radical (unpaired) electrons. The second-order valence-electron chi connectivity index (χ2n) is 19.5. The summed E-state index contributed by atoms with van der Waals surface area (Å²) < 4.78 is 6.97. The van der Waals surface area contributed by atoms with Crippen LogP contribution in [0.4, 0.5) is 17.1 Å². The highest BCUT2D eigenvalue weighted by molar-refractivity contribution is 6.18. The molecule has 0 saturated carbocycles. The Morgan fingerprint density at radius 3 is 1.30 bits per heavy atom. The zero-order valence-electron chi connectivity index (χ0n) is 41.6. The van der Waals surface area contributed by atoms with Gasteiger partial charge in [0.25, 0.3) is 0 Å². The molecule has 0 aliphatic heterocycles. The fraction of sp³-hybridized carbons (Fsp3) is 0. The number of para-hydroxylation sites is 1. The summed E-state index contributed by atoms with van der Waals surface area (Å²) in [5, 5.41) is 7.03. The molecule has 14 aromatic rings. The Balaban J connectivity index is 0.892. The summed E-state index contributed by atoms with van der Waals surface area (Å²) in [5.74, 6) is 0. The molecule has 0 amide bonds. The molecule has 13 aromatic carbocycles. The fourth-order valence-corrected chi connectivity index (χ4v) is 11.4. The van der Waals surface area contributed by atoms with E-state index in [-0.39, 0.29) is 0 Å². The maximum atomic E-state index is 6.97. The molecule has 0 saturated heterocycles. The third-order valence-corrected chi connectivity index (χ3v) is 15.1. The molecule has 0 unspecified atom stereocenters. The first-order chi connectivity index (χ1) is 37.7. The van der Waals surface area contributed by atoms with E-state index < -0.39 is 0 Å². The van der Waals surface area contributed by atoms with E-state index >= 15 is 0 Å². The van der Waals surface area contributed by atoms with Gasteiger partial charge in [0.15, 0.2) is 0 Å². The zero-order valence-corrected chi connectivity index (χ0v) is 41.6. The van der Waals surface area contributed by atoms with E-state index in [2.05, 4.69) is 302 Å². The number of furan rings is 1. The molecule has 1 heterocycles. The van der Waals surface area contributed by atoms with Crippen LogP contribution in [0.25, 0.3) is 121 Å². The van der Waals surface area contributed by atoms with Gasteiger partial charge in [-0.25, -0.2) is 0 Å². The Morgan fingerprint density at radius 2 is 0.645 bits per heavy atom. The summed E-state index contributed by atoms with van der Waals surface area (Å²) in [5.41, 5.74) is 21.3. The van der Waals surface area contributed by atoms with Crippen molar-refractivity contribution in [3.05, 3.63) is 297 Å². The normalized spacial score (nSPS) is 11.4. The summed E-state index contributed by atoms with van der Waals surface area (Å²) in [4.78, 5) is 2.40.